The van der Waals surface area contributed by atoms with E-state index in [0.29, 0.717) is 0 Å². The van der Waals surface area contributed by atoms with Crippen LogP contribution in [0, 0.1) is 0 Å². The predicted molar refractivity (Wildman–Crippen MR) is 545 cm³/mol. The molecule has 9 aromatic heterocycles. The Morgan fingerprint density at radius 1 is 0.138 bits per heavy atom. The summed E-state index contributed by atoms with van der Waals surface area (Å²) in [5.41, 5.74) is 27.4. The minimum atomic E-state index is 0.944. The summed E-state index contributed by atoms with van der Waals surface area (Å²) >= 11 is 0. The van der Waals surface area contributed by atoms with Crippen LogP contribution in [-0.2, 0) is 0 Å². The highest BCUT2D eigenvalue weighted by Crippen LogP contribution is 2.48. The van der Waals surface area contributed by atoms with Crippen molar-refractivity contribution < 1.29 is 0 Å². The molecule has 9 heterocycles. The van der Waals surface area contributed by atoms with E-state index in [4.69, 9.17) is 15.0 Å². The number of hydrogen-bond acceptors (Lipinski definition) is 3. The van der Waals surface area contributed by atoms with Crippen LogP contribution < -0.4 is 0 Å². The standard InChI is InChI=1S/C47H31N3.2C37H23N3/c1-4-14-32(15-5-1)35-28-36(33-16-6-2-7-17-33)30-37(29-35)34-18-12-21-39(31-34)50-44-26-25-41-40-22-10-11-24-43(40)49(38-19-8-3-9-20-38)46(41)45(44)42-23-13-27-48-47(42)50;1-3-10-26-22-28(17-15-24(26)8-1)39-33-14-6-5-12-30(33)31-19-20-34-35(36(31)39)32-13-7-21-38-37(32)40(34)29-18-16-25-9-2-4-11-27(25)23-29;1-2-11-28(12-3-1)39-33-15-7-6-13-30(33)31-18-19-34-35(36(31)39)32-14-8-20-38-37(32)40(34)29-17-16-26-21-24-9-4-5-10-25(24)22-27(26)23-29/h1-31H;2*1-23H. The quantitative estimate of drug-likeness (QED) is 0.135. The maximum Gasteiger partial charge on any atom is 0.145 e. The molecule has 606 valence electrons. The van der Waals surface area contributed by atoms with Crippen molar-refractivity contribution >= 4 is 174 Å². The van der Waals surface area contributed by atoms with Crippen LogP contribution in [0.25, 0.3) is 242 Å². The molecule has 0 amide bonds. The van der Waals surface area contributed by atoms with Gasteiger partial charge >= 0.3 is 0 Å². The zero-order chi connectivity index (χ0) is 85.4. The fourth-order valence-corrected chi connectivity index (χ4v) is 20.8. The first-order valence-electron chi connectivity index (χ1n) is 44.3. The van der Waals surface area contributed by atoms with E-state index in [2.05, 4.69) is 464 Å². The van der Waals surface area contributed by atoms with Crippen molar-refractivity contribution in [1.29, 1.82) is 0 Å². The van der Waals surface area contributed by atoms with Gasteiger partial charge < -0.3 is 13.7 Å². The predicted octanol–water partition coefficient (Wildman–Crippen LogP) is 31.4. The zero-order valence-corrected chi connectivity index (χ0v) is 70.5. The van der Waals surface area contributed by atoms with Crippen molar-refractivity contribution in [1.82, 2.24) is 42.4 Å². The second-order valence-electron chi connectivity index (χ2n) is 33.8. The molecule has 0 bridgehead atoms. The Balaban J connectivity index is 0.000000104. The Hall–Kier alpha value is -17.5. The molecule has 28 rings (SSSR count). The molecule has 9 heteroatoms. The summed E-state index contributed by atoms with van der Waals surface area (Å²) in [5, 5.41) is 24.5. The van der Waals surface area contributed by atoms with Crippen LogP contribution in [0.2, 0.25) is 0 Å². The molecule has 0 spiro atoms. The number of benzene rings is 19. The van der Waals surface area contributed by atoms with Crippen LogP contribution in [0.1, 0.15) is 0 Å². The van der Waals surface area contributed by atoms with Gasteiger partial charge in [0.05, 0.1) is 49.7 Å². The van der Waals surface area contributed by atoms with E-state index in [-0.39, 0.29) is 0 Å². The second-order valence-corrected chi connectivity index (χ2v) is 33.8. The molecule has 0 saturated carbocycles. The summed E-state index contributed by atoms with van der Waals surface area (Å²) in [6, 6.07) is 162. The fraction of sp³-hybridized carbons (Fsp3) is 0. The smallest absolute Gasteiger partial charge is 0.145 e. The third kappa shape index (κ3) is 11.9. The van der Waals surface area contributed by atoms with Crippen molar-refractivity contribution in [2.45, 2.75) is 0 Å². The van der Waals surface area contributed by atoms with E-state index in [1.807, 2.05) is 30.7 Å². The molecule has 0 unspecified atom stereocenters. The van der Waals surface area contributed by atoms with Crippen LogP contribution in [0.3, 0.4) is 0 Å². The van der Waals surface area contributed by atoms with Gasteiger partial charge in [0.1, 0.15) is 16.9 Å². The number of hydrogen-bond donors (Lipinski definition) is 0. The van der Waals surface area contributed by atoms with Gasteiger partial charge in [0.15, 0.2) is 0 Å². The summed E-state index contributed by atoms with van der Waals surface area (Å²) in [4.78, 5) is 14.9. The number of rotatable bonds is 9. The molecule has 0 aliphatic carbocycles. The van der Waals surface area contributed by atoms with E-state index in [1.54, 1.807) is 0 Å². The minimum absolute atomic E-state index is 0.944. The Kier molecular flexibility index (Phi) is 17.1. The van der Waals surface area contributed by atoms with Gasteiger partial charge in [-0.3, -0.25) is 13.7 Å². The van der Waals surface area contributed by atoms with Gasteiger partial charge in [-0.2, -0.15) is 0 Å². The average Bonchev–Trinajstić information content (AvgIpc) is 1.55. The first kappa shape index (κ1) is 73.9. The van der Waals surface area contributed by atoms with Crippen molar-refractivity contribution in [3.8, 4) is 67.5 Å². The number of aromatic nitrogens is 9. The van der Waals surface area contributed by atoms with E-state index in [0.717, 1.165) is 89.3 Å². The van der Waals surface area contributed by atoms with Gasteiger partial charge in [-0.15, -0.1) is 0 Å². The van der Waals surface area contributed by atoms with E-state index in [9.17, 15) is 0 Å². The maximum absolute atomic E-state index is 5.02. The molecular weight excluding hydrogens is 1580 g/mol. The highest BCUT2D eigenvalue weighted by Gasteiger charge is 2.27. The molecule has 130 heavy (non-hydrogen) atoms. The molecule has 19 aromatic carbocycles. The normalized spacial score (nSPS) is 11.8. The molecule has 0 fully saturated rings. The fourth-order valence-electron chi connectivity index (χ4n) is 20.8. The van der Waals surface area contributed by atoms with E-state index >= 15 is 0 Å². The van der Waals surface area contributed by atoms with Crippen LogP contribution in [0.4, 0.5) is 0 Å². The molecular formula is C121H77N9. The minimum Gasteiger partial charge on any atom is -0.309 e. The summed E-state index contributed by atoms with van der Waals surface area (Å²) in [6.45, 7) is 0. The summed E-state index contributed by atoms with van der Waals surface area (Å²) in [5.74, 6) is 0. The Labute approximate surface area is 746 Å². The lowest BCUT2D eigenvalue weighted by molar-refractivity contribution is 1.14. The number of nitrogens with zero attached hydrogens (tertiary/aromatic N) is 9. The molecule has 0 saturated heterocycles. The van der Waals surface area contributed by atoms with Gasteiger partial charge in [0, 0.05) is 117 Å². The highest BCUT2D eigenvalue weighted by molar-refractivity contribution is 6.29. The summed E-state index contributed by atoms with van der Waals surface area (Å²) in [6.07, 6.45) is 5.70. The number of para-hydroxylation sites is 5. The Bertz CT molecular complexity index is 9380. The highest BCUT2D eigenvalue weighted by atomic mass is 15.1. The lowest BCUT2D eigenvalue weighted by Crippen LogP contribution is -1.96. The molecule has 0 aliphatic rings. The average molecular weight is 1660 g/mol. The van der Waals surface area contributed by atoms with Crippen LogP contribution in [0.5, 0.6) is 0 Å². The van der Waals surface area contributed by atoms with Crippen LogP contribution in [0.15, 0.2) is 468 Å². The van der Waals surface area contributed by atoms with Crippen molar-refractivity contribution in [2.24, 2.45) is 0 Å². The lowest BCUT2D eigenvalue weighted by Gasteiger charge is -2.13. The Morgan fingerprint density at radius 3 is 0.838 bits per heavy atom. The van der Waals surface area contributed by atoms with Gasteiger partial charge in [0.25, 0.3) is 0 Å². The molecule has 0 atom stereocenters. The van der Waals surface area contributed by atoms with Gasteiger partial charge in [-0.05, 0) is 252 Å². The van der Waals surface area contributed by atoms with E-state index in [1.165, 1.54) is 152 Å². The number of fused-ring (bicyclic) bond motifs is 25. The van der Waals surface area contributed by atoms with Crippen LogP contribution in [-0.4, -0.2) is 42.4 Å². The molecule has 28 aromatic rings. The largest absolute Gasteiger partial charge is 0.309 e. The summed E-state index contributed by atoms with van der Waals surface area (Å²) < 4.78 is 14.2. The van der Waals surface area contributed by atoms with Gasteiger partial charge in [-0.1, -0.05) is 273 Å². The topological polar surface area (TPSA) is 68.2 Å². The van der Waals surface area contributed by atoms with Gasteiger partial charge in [-0.25, -0.2) is 15.0 Å². The van der Waals surface area contributed by atoms with Crippen molar-refractivity contribution in [3.05, 3.63) is 468 Å². The first-order valence-corrected chi connectivity index (χ1v) is 44.3. The number of pyridine rings is 3. The first-order chi connectivity index (χ1) is 64.5. The van der Waals surface area contributed by atoms with Crippen molar-refractivity contribution in [3.63, 3.8) is 0 Å². The maximum atomic E-state index is 5.02. The molecule has 0 radical (unpaired) electrons. The van der Waals surface area contributed by atoms with Crippen molar-refractivity contribution in [2.75, 3.05) is 0 Å². The molecule has 0 aliphatic heterocycles. The van der Waals surface area contributed by atoms with Crippen LogP contribution >= 0.6 is 0 Å². The zero-order valence-electron chi connectivity index (χ0n) is 70.5. The van der Waals surface area contributed by atoms with E-state index < -0.39 is 0 Å². The molecule has 0 N–H and O–H groups in total. The third-order valence-corrected chi connectivity index (χ3v) is 26.5. The second kappa shape index (κ2) is 30.1. The third-order valence-electron chi connectivity index (χ3n) is 26.5. The monoisotopic (exact) mass is 1660 g/mol. The summed E-state index contributed by atoms with van der Waals surface area (Å²) in [7, 11) is 0. The Morgan fingerprint density at radius 2 is 0.423 bits per heavy atom. The molecule has 9 nitrogen and oxygen atoms in total. The SMILES string of the molecule is c1ccc(-c2cc(-c3ccccc3)cc(-c3cccc(-n4c5ccc6c7ccccc7n(-c7ccccc7)c6c5c5cccnc54)c3)c2)cc1.c1ccc(-n2c3ccccc3c3ccc4c(c5cccnc5n4-c4ccc5cc6ccccc6cc5c4)c32)cc1.c1ccc2cc(-n3c4ccc5c6ccccc6n(-c6ccc7ccccc7c6)c5c4c4cccnc43)ccc2c1. The lowest BCUT2D eigenvalue weighted by atomic mass is 9.93. The van der Waals surface area contributed by atoms with Gasteiger partial charge in [0.2, 0.25) is 0 Å².